The lowest BCUT2D eigenvalue weighted by molar-refractivity contribution is -0.127. The van der Waals surface area contributed by atoms with Crippen LogP contribution in [0.15, 0.2) is 24.3 Å². The molecule has 3 atom stereocenters. The number of carbonyl (C=O) groups is 2. The van der Waals surface area contributed by atoms with Gasteiger partial charge < -0.3 is 15.0 Å². The molecule has 1 aliphatic carbocycles. The van der Waals surface area contributed by atoms with Crippen LogP contribution in [0.25, 0.3) is 0 Å². The highest BCUT2D eigenvalue weighted by Crippen LogP contribution is 2.28. The van der Waals surface area contributed by atoms with Gasteiger partial charge in [0.2, 0.25) is 11.8 Å². The van der Waals surface area contributed by atoms with Crippen molar-refractivity contribution < 1.29 is 14.3 Å². The summed E-state index contributed by atoms with van der Waals surface area (Å²) in [6.45, 7) is 5.22. The van der Waals surface area contributed by atoms with E-state index >= 15 is 0 Å². The second-order valence-electron chi connectivity index (χ2n) is 7.21. The predicted octanol–water partition coefficient (Wildman–Crippen LogP) is 3.13. The van der Waals surface area contributed by atoms with Gasteiger partial charge in [0.1, 0.15) is 5.75 Å². The van der Waals surface area contributed by atoms with Crippen LogP contribution in [0.4, 0.5) is 5.69 Å². The molecule has 5 heteroatoms. The monoisotopic (exact) mass is 344 g/mol. The summed E-state index contributed by atoms with van der Waals surface area (Å²) in [4.78, 5) is 26.7. The Morgan fingerprint density at radius 1 is 1.24 bits per heavy atom. The van der Waals surface area contributed by atoms with Crippen LogP contribution in [0.5, 0.6) is 5.75 Å². The average Bonchev–Trinajstić information content (AvgIpc) is 3.00. The molecule has 0 bridgehead atoms. The molecule has 5 nitrogen and oxygen atoms in total. The molecule has 1 aromatic carbocycles. The van der Waals surface area contributed by atoms with Crippen LogP contribution in [0, 0.1) is 11.8 Å². The van der Waals surface area contributed by atoms with Crippen molar-refractivity contribution in [2.75, 3.05) is 18.1 Å². The number of amides is 2. The van der Waals surface area contributed by atoms with Crippen molar-refractivity contribution in [1.29, 1.82) is 0 Å². The minimum Gasteiger partial charge on any atom is -0.494 e. The first-order valence-corrected chi connectivity index (χ1v) is 9.42. The number of anilines is 1. The van der Waals surface area contributed by atoms with Gasteiger partial charge >= 0.3 is 0 Å². The van der Waals surface area contributed by atoms with Crippen LogP contribution < -0.4 is 15.0 Å². The molecule has 1 saturated carbocycles. The first kappa shape index (κ1) is 17.8. The Labute approximate surface area is 149 Å². The van der Waals surface area contributed by atoms with Gasteiger partial charge in [0.25, 0.3) is 0 Å². The lowest BCUT2D eigenvalue weighted by Gasteiger charge is -2.30. The first-order valence-electron chi connectivity index (χ1n) is 9.42. The van der Waals surface area contributed by atoms with Crippen LogP contribution in [0.3, 0.4) is 0 Å². The van der Waals surface area contributed by atoms with E-state index < -0.39 is 0 Å². The highest BCUT2D eigenvalue weighted by Gasteiger charge is 2.36. The normalized spacial score (nSPS) is 26.6. The summed E-state index contributed by atoms with van der Waals surface area (Å²) in [6.07, 6.45) is 4.95. The van der Waals surface area contributed by atoms with E-state index in [0.29, 0.717) is 25.5 Å². The minimum absolute atomic E-state index is 0.0148. The van der Waals surface area contributed by atoms with Gasteiger partial charge in [-0.25, -0.2) is 0 Å². The van der Waals surface area contributed by atoms with E-state index in [1.807, 2.05) is 31.2 Å². The topological polar surface area (TPSA) is 58.6 Å². The maximum atomic E-state index is 12.6. The predicted molar refractivity (Wildman–Crippen MR) is 97.6 cm³/mol. The Hall–Kier alpha value is -2.04. The van der Waals surface area contributed by atoms with Crippen molar-refractivity contribution in [2.24, 2.45) is 11.8 Å². The molecule has 0 aromatic heterocycles. The number of ether oxygens (including phenoxy) is 1. The molecule has 1 N–H and O–H groups in total. The molecule has 1 aromatic rings. The third-order valence-corrected chi connectivity index (χ3v) is 5.39. The van der Waals surface area contributed by atoms with Crippen molar-refractivity contribution >= 4 is 17.5 Å². The Morgan fingerprint density at radius 3 is 2.64 bits per heavy atom. The number of benzene rings is 1. The summed E-state index contributed by atoms with van der Waals surface area (Å²) in [5, 5.41) is 3.19. The fourth-order valence-corrected chi connectivity index (χ4v) is 3.85. The fourth-order valence-electron chi connectivity index (χ4n) is 3.85. The fraction of sp³-hybridized carbons (Fsp3) is 0.600. The van der Waals surface area contributed by atoms with Crippen molar-refractivity contribution in [3.63, 3.8) is 0 Å². The molecule has 1 heterocycles. The molecule has 2 fully saturated rings. The van der Waals surface area contributed by atoms with Crippen LogP contribution in [0.1, 0.15) is 46.0 Å². The van der Waals surface area contributed by atoms with Gasteiger partial charge in [-0.15, -0.1) is 0 Å². The van der Waals surface area contributed by atoms with Crippen molar-refractivity contribution in [3.05, 3.63) is 24.3 Å². The number of nitrogens with one attached hydrogen (secondary N) is 1. The van der Waals surface area contributed by atoms with E-state index in [2.05, 4.69) is 12.2 Å². The van der Waals surface area contributed by atoms with Gasteiger partial charge in [0.05, 0.1) is 12.5 Å². The van der Waals surface area contributed by atoms with Gasteiger partial charge in [-0.2, -0.15) is 0 Å². The zero-order valence-electron chi connectivity index (χ0n) is 15.2. The van der Waals surface area contributed by atoms with Crippen molar-refractivity contribution in [1.82, 2.24) is 5.32 Å². The lowest BCUT2D eigenvalue weighted by atomic mass is 9.85. The summed E-state index contributed by atoms with van der Waals surface area (Å²) in [7, 11) is 0. The number of hydrogen-bond donors (Lipinski definition) is 1. The van der Waals surface area contributed by atoms with Crippen LogP contribution in [-0.4, -0.2) is 31.0 Å². The Balaban J connectivity index is 1.60. The molecule has 2 amide bonds. The summed E-state index contributed by atoms with van der Waals surface area (Å²) in [5.74, 6) is 1.10. The SMILES string of the molecule is CCOc1ccc(N2C[C@H](C(=O)N[C@H]3CCCC[C@H]3C)CC2=O)cc1. The molecular formula is C20H28N2O3. The molecule has 3 rings (SSSR count). The second-order valence-corrected chi connectivity index (χ2v) is 7.21. The number of rotatable bonds is 5. The van der Waals surface area contributed by atoms with Crippen LogP contribution in [-0.2, 0) is 9.59 Å². The average molecular weight is 344 g/mol. The Bertz CT molecular complexity index is 614. The van der Waals surface area contributed by atoms with Crippen molar-refractivity contribution in [2.45, 2.75) is 52.0 Å². The second kappa shape index (κ2) is 7.89. The third kappa shape index (κ3) is 4.14. The van der Waals surface area contributed by atoms with Gasteiger partial charge in [-0.1, -0.05) is 19.8 Å². The zero-order chi connectivity index (χ0) is 17.8. The lowest BCUT2D eigenvalue weighted by Crippen LogP contribution is -2.44. The van der Waals surface area contributed by atoms with E-state index in [1.54, 1.807) is 4.90 Å². The molecule has 136 valence electrons. The maximum absolute atomic E-state index is 12.6. The summed E-state index contributed by atoms with van der Waals surface area (Å²) in [5.41, 5.74) is 0.829. The summed E-state index contributed by atoms with van der Waals surface area (Å²) >= 11 is 0. The molecule has 0 spiro atoms. The summed E-state index contributed by atoms with van der Waals surface area (Å²) in [6, 6.07) is 7.75. The highest BCUT2D eigenvalue weighted by atomic mass is 16.5. The van der Waals surface area contributed by atoms with Gasteiger partial charge in [-0.3, -0.25) is 9.59 Å². The number of carbonyl (C=O) groups excluding carboxylic acids is 2. The van der Waals surface area contributed by atoms with E-state index in [4.69, 9.17) is 4.74 Å². The Kier molecular flexibility index (Phi) is 5.61. The molecular weight excluding hydrogens is 316 g/mol. The van der Waals surface area contributed by atoms with E-state index in [1.165, 1.54) is 19.3 Å². The smallest absolute Gasteiger partial charge is 0.227 e. The molecule has 0 unspecified atom stereocenters. The van der Waals surface area contributed by atoms with Gasteiger partial charge in [0.15, 0.2) is 0 Å². The van der Waals surface area contributed by atoms with E-state index in [9.17, 15) is 9.59 Å². The van der Waals surface area contributed by atoms with Crippen LogP contribution in [0.2, 0.25) is 0 Å². The minimum atomic E-state index is -0.256. The largest absolute Gasteiger partial charge is 0.494 e. The molecule has 1 aliphatic heterocycles. The van der Waals surface area contributed by atoms with Crippen LogP contribution >= 0.6 is 0 Å². The Morgan fingerprint density at radius 2 is 1.96 bits per heavy atom. The standard InChI is InChI=1S/C20H28N2O3/c1-3-25-17-10-8-16(9-11-17)22-13-15(12-19(22)23)20(24)21-18-7-5-4-6-14(18)2/h8-11,14-15,18H,3-7,12-13H2,1-2H3,(H,21,24)/t14-,15-,18+/m1/s1. The quantitative estimate of drug-likeness (QED) is 0.893. The van der Waals surface area contributed by atoms with E-state index in [-0.39, 0.29) is 23.8 Å². The summed E-state index contributed by atoms with van der Waals surface area (Å²) < 4.78 is 5.44. The molecule has 0 radical (unpaired) electrons. The molecule has 25 heavy (non-hydrogen) atoms. The molecule has 1 saturated heterocycles. The van der Waals surface area contributed by atoms with Gasteiger partial charge in [0, 0.05) is 24.7 Å². The van der Waals surface area contributed by atoms with Gasteiger partial charge in [-0.05, 0) is 49.9 Å². The number of hydrogen-bond acceptors (Lipinski definition) is 3. The molecule has 2 aliphatic rings. The van der Waals surface area contributed by atoms with Crippen molar-refractivity contribution in [3.8, 4) is 5.75 Å². The maximum Gasteiger partial charge on any atom is 0.227 e. The number of nitrogens with zero attached hydrogens (tertiary/aromatic N) is 1. The zero-order valence-corrected chi connectivity index (χ0v) is 15.2. The first-order chi connectivity index (χ1) is 12.1. The third-order valence-electron chi connectivity index (χ3n) is 5.39. The highest BCUT2D eigenvalue weighted by molar-refractivity contribution is 6.00. The van der Waals surface area contributed by atoms with E-state index in [0.717, 1.165) is 17.9 Å².